The molecular formula is C13H12N8O. The highest BCUT2D eigenvalue weighted by atomic mass is 16.6. The van der Waals surface area contributed by atoms with Crippen molar-refractivity contribution in [1.82, 2.24) is 35.3 Å². The summed E-state index contributed by atoms with van der Waals surface area (Å²) in [5, 5.41) is 18.7. The molecule has 0 fully saturated rings. The Bertz CT molecular complexity index is 936. The smallest absolute Gasteiger partial charge is 0.226 e. The number of aromatic nitrogens is 7. The Hall–Kier alpha value is -3.23. The summed E-state index contributed by atoms with van der Waals surface area (Å²) in [5.41, 5.74) is 11.0. The maximum Gasteiger partial charge on any atom is 0.226 e. The van der Waals surface area contributed by atoms with Crippen LogP contribution in [0.5, 0.6) is 0 Å². The van der Waals surface area contributed by atoms with Crippen LogP contribution in [-0.2, 0) is 6.54 Å². The first-order chi connectivity index (χ1) is 10.7. The number of nitrogens with one attached hydrogen (secondary N) is 1. The Kier molecular flexibility index (Phi) is 2.65. The molecule has 22 heavy (non-hydrogen) atoms. The number of nitrogens with zero attached hydrogens (tertiary/aromatic N) is 6. The highest BCUT2D eigenvalue weighted by Crippen LogP contribution is 2.24. The highest BCUT2D eigenvalue weighted by Gasteiger charge is 2.15. The standard InChI is InChI=1S/C13H12N8O/c1-7-9(11(14)12-13(17-7)20-22-19-12)6-21-5-8(4-16-21)10-2-3-15-18-10/h2-5H,6,14H2,1H3,(H,15,18). The molecule has 9 nitrogen and oxygen atoms in total. The van der Waals surface area contributed by atoms with Crippen molar-refractivity contribution in [2.24, 2.45) is 0 Å². The number of nitrogens with two attached hydrogens (primary N) is 1. The Morgan fingerprint density at radius 2 is 2.27 bits per heavy atom. The summed E-state index contributed by atoms with van der Waals surface area (Å²) in [5.74, 6) is 0. The number of fused-ring (bicyclic) bond motifs is 1. The van der Waals surface area contributed by atoms with Crippen LogP contribution in [0.15, 0.2) is 29.3 Å². The summed E-state index contributed by atoms with van der Waals surface area (Å²) < 4.78 is 6.47. The number of nitrogen functional groups attached to an aromatic ring is 1. The normalized spacial score (nSPS) is 11.3. The third kappa shape index (κ3) is 1.91. The highest BCUT2D eigenvalue weighted by molar-refractivity contribution is 5.85. The van der Waals surface area contributed by atoms with Gasteiger partial charge in [0.25, 0.3) is 0 Å². The Morgan fingerprint density at radius 1 is 1.36 bits per heavy atom. The summed E-state index contributed by atoms with van der Waals surface area (Å²) in [4.78, 5) is 4.34. The SMILES string of the molecule is Cc1nc2nonc2c(N)c1Cn1cc(-c2ccn[nH]2)cn1. The Morgan fingerprint density at radius 3 is 3.09 bits per heavy atom. The van der Waals surface area contributed by atoms with Gasteiger partial charge in [-0.3, -0.25) is 9.78 Å². The van der Waals surface area contributed by atoms with Crippen molar-refractivity contribution in [3.05, 3.63) is 35.9 Å². The first-order valence-corrected chi connectivity index (χ1v) is 6.62. The van der Waals surface area contributed by atoms with E-state index < -0.39 is 0 Å². The molecule has 0 atom stereocenters. The van der Waals surface area contributed by atoms with Gasteiger partial charge in [-0.15, -0.1) is 0 Å². The molecule has 0 aliphatic carbocycles. The molecule has 3 N–H and O–H groups in total. The van der Waals surface area contributed by atoms with Crippen LogP contribution in [0.1, 0.15) is 11.3 Å². The molecule has 0 unspecified atom stereocenters. The minimum Gasteiger partial charge on any atom is -0.396 e. The molecule has 0 aromatic carbocycles. The summed E-state index contributed by atoms with van der Waals surface area (Å²) in [6.07, 6.45) is 5.38. The van der Waals surface area contributed by atoms with Crippen LogP contribution in [-0.4, -0.2) is 35.3 Å². The molecule has 9 heteroatoms. The van der Waals surface area contributed by atoms with Crippen LogP contribution >= 0.6 is 0 Å². The van der Waals surface area contributed by atoms with Gasteiger partial charge in [-0.05, 0) is 23.3 Å². The molecule has 0 spiro atoms. The Balaban J connectivity index is 1.72. The number of hydrogen-bond acceptors (Lipinski definition) is 7. The van der Waals surface area contributed by atoms with Crippen LogP contribution in [0, 0.1) is 6.92 Å². The van der Waals surface area contributed by atoms with E-state index >= 15 is 0 Å². The van der Waals surface area contributed by atoms with Crippen LogP contribution in [0.4, 0.5) is 5.69 Å². The van der Waals surface area contributed by atoms with Gasteiger partial charge in [0.05, 0.1) is 24.1 Å². The second-order valence-electron chi connectivity index (χ2n) is 4.92. The molecule has 0 radical (unpaired) electrons. The summed E-state index contributed by atoms with van der Waals surface area (Å²) in [6.45, 7) is 2.36. The number of rotatable bonds is 3. The van der Waals surface area contributed by atoms with Gasteiger partial charge in [0.15, 0.2) is 5.52 Å². The lowest BCUT2D eigenvalue weighted by atomic mass is 10.1. The van der Waals surface area contributed by atoms with Crippen molar-refractivity contribution in [2.75, 3.05) is 5.73 Å². The molecule has 4 heterocycles. The summed E-state index contributed by atoms with van der Waals surface area (Å²) in [7, 11) is 0. The zero-order valence-corrected chi connectivity index (χ0v) is 11.7. The molecule has 0 bridgehead atoms. The minimum absolute atomic E-state index is 0.414. The third-order valence-electron chi connectivity index (χ3n) is 3.53. The fourth-order valence-electron chi connectivity index (χ4n) is 2.36. The number of anilines is 1. The minimum atomic E-state index is 0.414. The van der Waals surface area contributed by atoms with Gasteiger partial charge in [0.1, 0.15) is 0 Å². The molecule has 0 amide bonds. The zero-order chi connectivity index (χ0) is 15.1. The fourth-order valence-corrected chi connectivity index (χ4v) is 2.36. The molecule has 4 aromatic heterocycles. The van der Waals surface area contributed by atoms with Gasteiger partial charge < -0.3 is 5.73 Å². The van der Waals surface area contributed by atoms with Crippen LogP contribution in [0.3, 0.4) is 0 Å². The van der Waals surface area contributed by atoms with Gasteiger partial charge in [0, 0.05) is 29.2 Å². The number of aromatic amines is 1. The maximum absolute atomic E-state index is 6.15. The maximum atomic E-state index is 6.15. The average molecular weight is 296 g/mol. The number of H-pyrrole nitrogens is 1. The molecule has 0 aliphatic heterocycles. The van der Waals surface area contributed by atoms with Crippen molar-refractivity contribution >= 4 is 16.9 Å². The fraction of sp³-hybridized carbons (Fsp3) is 0.154. The van der Waals surface area contributed by atoms with Crippen molar-refractivity contribution in [2.45, 2.75) is 13.5 Å². The third-order valence-corrected chi connectivity index (χ3v) is 3.53. The van der Waals surface area contributed by atoms with E-state index in [2.05, 4.69) is 35.2 Å². The van der Waals surface area contributed by atoms with E-state index in [-0.39, 0.29) is 0 Å². The van der Waals surface area contributed by atoms with Crippen LogP contribution in [0.25, 0.3) is 22.4 Å². The molecular weight excluding hydrogens is 284 g/mol. The summed E-state index contributed by atoms with van der Waals surface area (Å²) >= 11 is 0. The van der Waals surface area contributed by atoms with Crippen molar-refractivity contribution in [3.8, 4) is 11.3 Å². The van der Waals surface area contributed by atoms with E-state index in [1.54, 1.807) is 17.1 Å². The van der Waals surface area contributed by atoms with E-state index in [1.807, 2.05) is 19.2 Å². The first-order valence-electron chi connectivity index (χ1n) is 6.62. The molecule has 0 aliphatic rings. The van der Waals surface area contributed by atoms with Gasteiger partial charge in [0.2, 0.25) is 5.65 Å². The van der Waals surface area contributed by atoms with E-state index in [0.717, 1.165) is 22.5 Å². The molecule has 0 saturated heterocycles. The second-order valence-corrected chi connectivity index (χ2v) is 4.92. The topological polar surface area (TPSA) is 124 Å². The lowest BCUT2D eigenvalue weighted by Crippen LogP contribution is -2.07. The summed E-state index contributed by atoms with van der Waals surface area (Å²) in [6, 6.07) is 1.88. The number of pyridine rings is 1. The number of aryl methyl sites for hydroxylation is 1. The van der Waals surface area contributed by atoms with Crippen molar-refractivity contribution < 1.29 is 4.63 Å². The van der Waals surface area contributed by atoms with Crippen molar-refractivity contribution in [1.29, 1.82) is 0 Å². The van der Waals surface area contributed by atoms with Gasteiger partial charge in [-0.2, -0.15) is 10.2 Å². The molecule has 110 valence electrons. The Labute approximate surface area is 124 Å². The monoisotopic (exact) mass is 296 g/mol. The van der Waals surface area contributed by atoms with Crippen LogP contribution < -0.4 is 5.73 Å². The first kappa shape index (κ1) is 12.5. The van der Waals surface area contributed by atoms with E-state index in [9.17, 15) is 0 Å². The predicted molar refractivity (Wildman–Crippen MR) is 77.7 cm³/mol. The van der Waals surface area contributed by atoms with Gasteiger partial charge >= 0.3 is 0 Å². The number of hydrogen-bond donors (Lipinski definition) is 2. The molecule has 4 aromatic rings. The quantitative estimate of drug-likeness (QED) is 0.580. The molecule has 4 rings (SSSR count). The second kappa shape index (κ2) is 4.65. The lowest BCUT2D eigenvalue weighted by molar-refractivity contribution is 0.315. The molecule has 0 saturated carbocycles. The van der Waals surface area contributed by atoms with Crippen molar-refractivity contribution in [3.63, 3.8) is 0 Å². The van der Waals surface area contributed by atoms with Gasteiger partial charge in [-0.25, -0.2) is 9.61 Å². The average Bonchev–Trinajstić information content (AvgIpc) is 3.23. The van der Waals surface area contributed by atoms with E-state index in [4.69, 9.17) is 5.73 Å². The van der Waals surface area contributed by atoms with E-state index in [1.165, 1.54) is 0 Å². The largest absolute Gasteiger partial charge is 0.396 e. The van der Waals surface area contributed by atoms with E-state index in [0.29, 0.717) is 23.4 Å². The van der Waals surface area contributed by atoms with Gasteiger partial charge in [-0.1, -0.05) is 0 Å². The van der Waals surface area contributed by atoms with Crippen LogP contribution in [0.2, 0.25) is 0 Å². The zero-order valence-electron chi connectivity index (χ0n) is 11.7. The lowest BCUT2D eigenvalue weighted by Gasteiger charge is -2.08. The predicted octanol–water partition coefficient (Wildman–Crippen LogP) is 1.14.